The van der Waals surface area contributed by atoms with E-state index in [1.807, 2.05) is 27.7 Å². The molecule has 0 unspecified atom stereocenters. The Morgan fingerprint density at radius 1 is 1.36 bits per heavy atom. The van der Waals surface area contributed by atoms with Gasteiger partial charge in [0.05, 0.1) is 0 Å². The largest absolute Gasteiger partial charge is 0.365 e. The monoisotopic (exact) mass is 341 g/mol. The van der Waals surface area contributed by atoms with Crippen molar-refractivity contribution >= 4 is 12.6 Å². The number of aromatic nitrogens is 2. The molecule has 25 heavy (non-hydrogen) atoms. The molecule has 6 nitrogen and oxygen atoms in total. The summed E-state index contributed by atoms with van der Waals surface area (Å²) in [4.78, 5) is 25.0. The van der Waals surface area contributed by atoms with E-state index in [0.29, 0.717) is 17.9 Å². The van der Waals surface area contributed by atoms with E-state index >= 15 is 0 Å². The van der Waals surface area contributed by atoms with Crippen LogP contribution in [0.4, 0.5) is 0 Å². The van der Waals surface area contributed by atoms with Crippen LogP contribution in [0, 0.1) is 6.92 Å². The molecular formula is C19H27N5O. The zero-order chi connectivity index (χ0) is 18.6. The van der Waals surface area contributed by atoms with E-state index in [-0.39, 0.29) is 11.4 Å². The van der Waals surface area contributed by atoms with Gasteiger partial charge in [0.1, 0.15) is 12.1 Å². The summed E-state index contributed by atoms with van der Waals surface area (Å²) in [5.41, 5.74) is 4.20. The molecule has 1 aliphatic carbocycles. The Kier molecular flexibility index (Phi) is 5.72. The lowest BCUT2D eigenvalue weighted by molar-refractivity contribution is -0.117. The maximum Gasteiger partial charge on any atom is 0.251 e. The third-order valence-electron chi connectivity index (χ3n) is 4.49. The maximum atomic E-state index is 12.8. The molecule has 1 heterocycles. The van der Waals surface area contributed by atoms with Gasteiger partial charge in [-0.1, -0.05) is 5.57 Å². The summed E-state index contributed by atoms with van der Waals surface area (Å²) < 4.78 is 0. The Balaban J connectivity index is 2.19. The van der Waals surface area contributed by atoms with Crippen LogP contribution in [0.3, 0.4) is 0 Å². The fraction of sp³-hybridized carbons (Fsp3) is 0.474. The lowest BCUT2D eigenvalue weighted by atomic mass is 10.0. The van der Waals surface area contributed by atoms with Gasteiger partial charge in [-0.2, -0.15) is 0 Å². The molecular weight excluding hydrogens is 314 g/mol. The summed E-state index contributed by atoms with van der Waals surface area (Å²) in [5, 5.41) is 6.36. The number of nitrogens with zero attached hydrogens (tertiary/aromatic N) is 3. The van der Waals surface area contributed by atoms with Gasteiger partial charge in [-0.25, -0.2) is 15.0 Å². The van der Waals surface area contributed by atoms with Crippen LogP contribution in [-0.4, -0.2) is 28.1 Å². The highest BCUT2D eigenvalue weighted by Gasteiger charge is 2.38. The average Bonchev–Trinajstić information content (AvgIpc) is 3.29. The van der Waals surface area contributed by atoms with E-state index < -0.39 is 0 Å². The van der Waals surface area contributed by atoms with Crippen LogP contribution in [0.25, 0.3) is 0 Å². The van der Waals surface area contributed by atoms with Gasteiger partial charge in [0.2, 0.25) is 0 Å². The third-order valence-corrected chi connectivity index (χ3v) is 4.49. The molecule has 1 aromatic heterocycles. The number of hydrogen-bond donors (Lipinski definition) is 2. The van der Waals surface area contributed by atoms with Gasteiger partial charge >= 0.3 is 0 Å². The summed E-state index contributed by atoms with van der Waals surface area (Å²) >= 11 is 0. The van der Waals surface area contributed by atoms with Crippen LogP contribution in [0.2, 0.25) is 0 Å². The van der Waals surface area contributed by atoms with E-state index in [1.165, 1.54) is 6.33 Å². The zero-order valence-corrected chi connectivity index (χ0v) is 15.7. The van der Waals surface area contributed by atoms with E-state index in [4.69, 9.17) is 0 Å². The van der Waals surface area contributed by atoms with Crippen molar-refractivity contribution in [2.24, 2.45) is 4.99 Å². The molecule has 134 valence electrons. The molecule has 1 aliphatic rings. The van der Waals surface area contributed by atoms with Crippen LogP contribution >= 0.6 is 0 Å². The van der Waals surface area contributed by atoms with Crippen molar-refractivity contribution in [2.45, 2.75) is 59.5 Å². The van der Waals surface area contributed by atoms with Crippen molar-refractivity contribution in [3.05, 3.63) is 46.3 Å². The first-order valence-corrected chi connectivity index (χ1v) is 8.45. The highest BCUT2D eigenvalue weighted by molar-refractivity contribution is 5.98. The Labute approximate surface area is 149 Å². The van der Waals surface area contributed by atoms with Crippen LogP contribution in [-0.2, 0) is 11.3 Å². The lowest BCUT2D eigenvalue weighted by Gasteiger charge is -2.18. The standard InChI is InChI=1S/C19H27N5O/c1-12(2)16(13(3)17(20-6)24-19(5)7-8-19)18(25)22-10-15-9-21-11-23-14(15)4/h9,11,24H,6-8,10H2,1-5H3,(H,22,25)/b17-13-. The van der Waals surface area contributed by atoms with Crippen LogP contribution in [0.5, 0.6) is 0 Å². The molecule has 2 N–H and O–H groups in total. The topological polar surface area (TPSA) is 79.3 Å². The summed E-state index contributed by atoms with van der Waals surface area (Å²) in [5.74, 6) is 0.537. The number of aliphatic imine (C=N–C) groups is 1. The van der Waals surface area contributed by atoms with Gasteiger partial charge in [-0.15, -0.1) is 0 Å². The van der Waals surface area contributed by atoms with Gasteiger partial charge in [-0.05, 0) is 54.2 Å². The Bertz CT molecular complexity index is 740. The summed E-state index contributed by atoms with van der Waals surface area (Å²) in [6.45, 7) is 13.8. The quantitative estimate of drug-likeness (QED) is 0.454. The molecule has 1 saturated carbocycles. The smallest absolute Gasteiger partial charge is 0.251 e. The number of rotatable bonds is 7. The van der Waals surface area contributed by atoms with Gasteiger partial charge in [0.15, 0.2) is 0 Å². The fourth-order valence-electron chi connectivity index (χ4n) is 2.60. The molecule has 1 amide bonds. The van der Waals surface area contributed by atoms with Crippen molar-refractivity contribution in [3.8, 4) is 0 Å². The van der Waals surface area contributed by atoms with Gasteiger partial charge in [-0.3, -0.25) is 4.79 Å². The number of nitrogens with one attached hydrogen (secondary N) is 2. The second-order valence-corrected chi connectivity index (χ2v) is 7.01. The molecule has 1 fully saturated rings. The molecule has 0 aliphatic heterocycles. The van der Waals surface area contributed by atoms with Gasteiger partial charge in [0.25, 0.3) is 5.91 Å². The minimum Gasteiger partial charge on any atom is -0.365 e. The number of aryl methyl sites for hydroxylation is 1. The number of carbonyl (C=O) groups excluding carboxylic acids is 1. The highest BCUT2D eigenvalue weighted by atomic mass is 16.1. The normalized spacial score (nSPS) is 15.7. The van der Waals surface area contributed by atoms with Crippen molar-refractivity contribution < 1.29 is 4.79 Å². The van der Waals surface area contributed by atoms with E-state index in [1.54, 1.807) is 6.20 Å². The predicted molar refractivity (Wildman–Crippen MR) is 100 cm³/mol. The molecule has 0 atom stereocenters. The molecule has 0 aromatic carbocycles. The lowest BCUT2D eigenvalue weighted by Crippen LogP contribution is -2.30. The second-order valence-electron chi connectivity index (χ2n) is 7.01. The molecule has 0 spiro atoms. The van der Waals surface area contributed by atoms with Crippen molar-refractivity contribution in [1.82, 2.24) is 20.6 Å². The SMILES string of the molecule is C=N/C(NC1(C)CC1)=C(\C)C(C(=O)NCc1cncnc1C)=C(C)C. The Morgan fingerprint density at radius 2 is 2.04 bits per heavy atom. The first-order valence-electron chi connectivity index (χ1n) is 8.45. The van der Waals surface area contributed by atoms with Gasteiger partial charge < -0.3 is 10.6 Å². The number of carbonyl (C=O) groups is 1. The molecule has 0 bridgehead atoms. The summed E-state index contributed by atoms with van der Waals surface area (Å²) in [6, 6.07) is 0. The third kappa shape index (κ3) is 4.75. The number of allylic oxidation sites excluding steroid dienone is 1. The predicted octanol–water partition coefficient (Wildman–Crippen LogP) is 2.81. The first kappa shape index (κ1) is 18.8. The zero-order valence-electron chi connectivity index (χ0n) is 15.7. The molecule has 6 heteroatoms. The summed E-state index contributed by atoms with van der Waals surface area (Å²) in [7, 11) is 0. The highest BCUT2D eigenvalue weighted by Crippen LogP contribution is 2.36. The Hall–Kier alpha value is -2.50. The molecule has 0 radical (unpaired) electrons. The van der Waals surface area contributed by atoms with E-state index in [0.717, 1.165) is 35.2 Å². The van der Waals surface area contributed by atoms with E-state index in [9.17, 15) is 4.79 Å². The van der Waals surface area contributed by atoms with Crippen molar-refractivity contribution in [2.75, 3.05) is 0 Å². The molecule has 0 saturated heterocycles. The minimum atomic E-state index is -0.135. The fourth-order valence-corrected chi connectivity index (χ4v) is 2.60. The second kappa shape index (κ2) is 7.59. The van der Waals surface area contributed by atoms with Crippen LogP contribution < -0.4 is 10.6 Å². The first-order chi connectivity index (χ1) is 11.8. The van der Waals surface area contributed by atoms with Crippen LogP contribution in [0.15, 0.2) is 40.1 Å². The van der Waals surface area contributed by atoms with Crippen LogP contribution in [0.1, 0.15) is 51.8 Å². The Morgan fingerprint density at radius 3 is 2.56 bits per heavy atom. The average molecular weight is 341 g/mol. The van der Waals surface area contributed by atoms with E-state index in [2.05, 4.69) is 39.2 Å². The van der Waals surface area contributed by atoms with Crippen molar-refractivity contribution in [3.63, 3.8) is 0 Å². The maximum absolute atomic E-state index is 12.8. The molecule has 2 rings (SSSR count). The van der Waals surface area contributed by atoms with Gasteiger partial charge in [0, 0.05) is 40.7 Å². The molecule has 1 aromatic rings. The van der Waals surface area contributed by atoms with Crippen molar-refractivity contribution in [1.29, 1.82) is 0 Å². The number of hydrogen-bond acceptors (Lipinski definition) is 5. The number of amides is 1. The summed E-state index contributed by atoms with van der Waals surface area (Å²) in [6.07, 6.45) is 5.42. The minimum absolute atomic E-state index is 0.0690.